The third kappa shape index (κ3) is 6.17. The van der Waals surface area contributed by atoms with Gasteiger partial charge in [-0.05, 0) is 74.7 Å². The molecule has 1 atom stereocenters. The third-order valence-corrected chi connectivity index (χ3v) is 7.39. The van der Waals surface area contributed by atoms with Gasteiger partial charge in [0.05, 0.1) is 23.2 Å². The van der Waals surface area contributed by atoms with Crippen molar-refractivity contribution < 1.29 is 17.9 Å². The van der Waals surface area contributed by atoms with Crippen LogP contribution in [0.5, 0.6) is 5.75 Å². The molecule has 3 aromatic carbocycles. The molecule has 0 saturated heterocycles. The fourth-order valence-corrected chi connectivity index (χ4v) is 4.99. The highest BCUT2D eigenvalue weighted by Crippen LogP contribution is 2.26. The van der Waals surface area contributed by atoms with Gasteiger partial charge in [-0.15, -0.1) is 0 Å². The van der Waals surface area contributed by atoms with Gasteiger partial charge in [-0.3, -0.25) is 9.10 Å². The Bertz CT molecular complexity index is 1190. The Labute approximate surface area is 202 Å². The first-order valence-electron chi connectivity index (χ1n) is 11.4. The van der Waals surface area contributed by atoms with E-state index in [0.29, 0.717) is 18.0 Å². The number of rotatable bonds is 10. The van der Waals surface area contributed by atoms with Crippen LogP contribution >= 0.6 is 0 Å². The Morgan fingerprint density at radius 3 is 2.12 bits per heavy atom. The van der Waals surface area contributed by atoms with Crippen LogP contribution < -0.4 is 14.4 Å². The van der Waals surface area contributed by atoms with Crippen molar-refractivity contribution in [3.63, 3.8) is 0 Å². The Morgan fingerprint density at radius 2 is 1.56 bits per heavy atom. The summed E-state index contributed by atoms with van der Waals surface area (Å²) >= 11 is 0. The van der Waals surface area contributed by atoms with E-state index in [2.05, 4.69) is 12.2 Å². The number of hydrogen-bond acceptors (Lipinski definition) is 4. The van der Waals surface area contributed by atoms with Crippen LogP contribution in [0, 0.1) is 6.92 Å². The highest BCUT2D eigenvalue weighted by molar-refractivity contribution is 7.92. The summed E-state index contributed by atoms with van der Waals surface area (Å²) in [5, 5.41) is 2.93. The second kappa shape index (κ2) is 11.2. The molecule has 0 spiro atoms. The minimum absolute atomic E-state index is 0.0903. The second-order valence-electron chi connectivity index (χ2n) is 8.14. The molecule has 0 bridgehead atoms. The molecule has 7 heteroatoms. The smallest absolute Gasteiger partial charge is 0.264 e. The number of benzene rings is 3. The predicted molar refractivity (Wildman–Crippen MR) is 136 cm³/mol. The van der Waals surface area contributed by atoms with Crippen molar-refractivity contribution in [2.75, 3.05) is 17.5 Å². The maximum atomic E-state index is 13.6. The van der Waals surface area contributed by atoms with Gasteiger partial charge in [0.2, 0.25) is 5.91 Å². The molecule has 0 heterocycles. The molecule has 3 aromatic rings. The molecule has 0 saturated carbocycles. The zero-order chi connectivity index (χ0) is 24.7. The molecule has 34 heavy (non-hydrogen) atoms. The first-order chi connectivity index (χ1) is 16.2. The molecule has 1 amide bonds. The summed E-state index contributed by atoms with van der Waals surface area (Å²) in [5.74, 6) is 0.200. The molecular formula is C27H32N2O4S. The van der Waals surface area contributed by atoms with Crippen molar-refractivity contribution in [3.8, 4) is 5.75 Å². The Kier molecular flexibility index (Phi) is 8.34. The fourth-order valence-electron chi connectivity index (χ4n) is 3.57. The summed E-state index contributed by atoms with van der Waals surface area (Å²) in [5.41, 5.74) is 3.60. The maximum Gasteiger partial charge on any atom is 0.264 e. The van der Waals surface area contributed by atoms with Gasteiger partial charge in [-0.25, -0.2) is 8.42 Å². The van der Waals surface area contributed by atoms with Gasteiger partial charge >= 0.3 is 0 Å². The fraction of sp³-hybridized carbons (Fsp3) is 0.296. The zero-order valence-electron chi connectivity index (χ0n) is 20.1. The van der Waals surface area contributed by atoms with Crippen LogP contribution in [0.15, 0.2) is 77.7 Å². The van der Waals surface area contributed by atoms with Crippen LogP contribution in [0.25, 0.3) is 0 Å². The third-order valence-electron chi connectivity index (χ3n) is 5.60. The molecule has 180 valence electrons. The highest BCUT2D eigenvalue weighted by Gasteiger charge is 2.28. The van der Waals surface area contributed by atoms with E-state index in [9.17, 15) is 13.2 Å². The molecule has 3 rings (SSSR count). The zero-order valence-corrected chi connectivity index (χ0v) is 20.9. The summed E-state index contributed by atoms with van der Waals surface area (Å²) in [4.78, 5) is 13.1. The molecule has 0 radical (unpaired) electrons. The lowest BCUT2D eigenvalue weighted by atomic mass is 10.1. The van der Waals surface area contributed by atoms with E-state index in [1.807, 2.05) is 57.2 Å². The number of ether oxygens (including phenoxy) is 1. The number of amides is 1. The van der Waals surface area contributed by atoms with Crippen molar-refractivity contribution in [1.29, 1.82) is 0 Å². The second-order valence-corrected chi connectivity index (χ2v) is 10.00. The number of carbonyl (C=O) groups is 1. The Balaban J connectivity index is 1.85. The van der Waals surface area contributed by atoms with Gasteiger partial charge in [0.1, 0.15) is 12.3 Å². The standard InChI is InChI=1S/C27H32N2O4S/c1-5-22-9-11-23(12-10-22)21(4)28-27(30)19-29(24-13-7-20(3)8-14-24)34(31,32)26-17-15-25(16-18-26)33-6-2/h7-18,21H,5-6,19H2,1-4H3,(H,28,30)/t21-/m0/s1. The Morgan fingerprint density at radius 1 is 0.941 bits per heavy atom. The average molecular weight is 481 g/mol. The minimum Gasteiger partial charge on any atom is -0.494 e. The maximum absolute atomic E-state index is 13.6. The van der Waals surface area contributed by atoms with E-state index in [0.717, 1.165) is 21.9 Å². The van der Waals surface area contributed by atoms with Gasteiger partial charge in [-0.1, -0.05) is 48.9 Å². The van der Waals surface area contributed by atoms with Crippen LogP contribution in [-0.2, 0) is 21.2 Å². The van der Waals surface area contributed by atoms with Gasteiger partial charge in [0.15, 0.2) is 0 Å². The molecule has 1 N–H and O–H groups in total. The van der Waals surface area contributed by atoms with Crippen LogP contribution in [-0.4, -0.2) is 27.5 Å². The van der Waals surface area contributed by atoms with Gasteiger partial charge in [0, 0.05) is 0 Å². The van der Waals surface area contributed by atoms with Crippen molar-refractivity contribution >= 4 is 21.6 Å². The van der Waals surface area contributed by atoms with Crippen molar-refractivity contribution in [2.45, 2.75) is 45.1 Å². The lowest BCUT2D eigenvalue weighted by Gasteiger charge is -2.25. The van der Waals surface area contributed by atoms with Gasteiger partial charge in [-0.2, -0.15) is 0 Å². The normalized spacial score (nSPS) is 12.1. The molecule has 0 aromatic heterocycles. The SMILES string of the molecule is CCOc1ccc(S(=O)(=O)N(CC(=O)N[C@@H](C)c2ccc(CC)cc2)c2ccc(C)cc2)cc1. The molecule has 0 fully saturated rings. The number of aryl methyl sites for hydroxylation is 2. The molecular weight excluding hydrogens is 448 g/mol. The Hall–Kier alpha value is -3.32. The van der Waals surface area contributed by atoms with E-state index < -0.39 is 10.0 Å². The predicted octanol–water partition coefficient (Wildman–Crippen LogP) is 5.03. The molecule has 0 aliphatic carbocycles. The average Bonchev–Trinajstić information content (AvgIpc) is 2.83. The number of nitrogens with one attached hydrogen (secondary N) is 1. The van der Waals surface area contributed by atoms with Gasteiger partial charge < -0.3 is 10.1 Å². The lowest BCUT2D eigenvalue weighted by Crippen LogP contribution is -2.41. The van der Waals surface area contributed by atoms with Crippen LogP contribution in [0.2, 0.25) is 0 Å². The highest BCUT2D eigenvalue weighted by atomic mass is 32.2. The topological polar surface area (TPSA) is 75.7 Å². The van der Waals surface area contributed by atoms with E-state index in [1.165, 1.54) is 17.7 Å². The summed E-state index contributed by atoms with van der Waals surface area (Å²) in [7, 11) is -3.99. The number of hydrogen-bond donors (Lipinski definition) is 1. The number of nitrogens with zero attached hydrogens (tertiary/aromatic N) is 1. The molecule has 0 aliphatic heterocycles. The number of carbonyl (C=O) groups excluding carboxylic acids is 1. The summed E-state index contributed by atoms with van der Waals surface area (Å²) in [6, 6.07) is 21.1. The summed E-state index contributed by atoms with van der Waals surface area (Å²) < 4.78 is 33.7. The van der Waals surface area contributed by atoms with Crippen molar-refractivity contribution in [3.05, 3.63) is 89.5 Å². The molecule has 0 unspecified atom stereocenters. The first kappa shape index (κ1) is 25.3. The van der Waals surface area contributed by atoms with Gasteiger partial charge in [0.25, 0.3) is 10.0 Å². The van der Waals surface area contributed by atoms with Crippen LogP contribution in [0.4, 0.5) is 5.69 Å². The lowest BCUT2D eigenvalue weighted by molar-refractivity contribution is -0.120. The number of anilines is 1. The van der Waals surface area contributed by atoms with E-state index >= 15 is 0 Å². The van der Waals surface area contributed by atoms with Crippen LogP contribution in [0.3, 0.4) is 0 Å². The quantitative estimate of drug-likeness (QED) is 0.442. The minimum atomic E-state index is -3.99. The monoisotopic (exact) mass is 480 g/mol. The number of sulfonamides is 1. The van der Waals surface area contributed by atoms with Crippen molar-refractivity contribution in [2.24, 2.45) is 0 Å². The first-order valence-corrected chi connectivity index (χ1v) is 12.9. The van der Waals surface area contributed by atoms with E-state index in [4.69, 9.17) is 4.74 Å². The van der Waals surface area contributed by atoms with Crippen molar-refractivity contribution in [1.82, 2.24) is 5.32 Å². The van der Waals surface area contributed by atoms with E-state index in [1.54, 1.807) is 24.3 Å². The molecule has 6 nitrogen and oxygen atoms in total. The van der Waals surface area contributed by atoms with Crippen LogP contribution in [0.1, 0.15) is 43.5 Å². The largest absolute Gasteiger partial charge is 0.494 e. The van der Waals surface area contributed by atoms with E-state index in [-0.39, 0.29) is 23.4 Å². The summed E-state index contributed by atoms with van der Waals surface area (Å²) in [6.45, 7) is 7.91. The summed E-state index contributed by atoms with van der Waals surface area (Å²) in [6.07, 6.45) is 0.940. The molecule has 0 aliphatic rings.